The largest absolute Gasteiger partial charge is 0.352 e. The molecule has 3 rings (SSSR count). The summed E-state index contributed by atoms with van der Waals surface area (Å²) in [6.45, 7) is 7.11. The molecular formula is C22H37Cl2N3O. The Bertz CT molecular complexity index is 624. The molecule has 1 heterocycles. The number of amides is 1. The number of hydrogen-bond acceptors (Lipinski definition) is 3. The number of piperidine rings is 1. The summed E-state index contributed by atoms with van der Waals surface area (Å²) in [6.07, 6.45) is 8.01. The van der Waals surface area contributed by atoms with Gasteiger partial charge in [0.15, 0.2) is 0 Å². The topological polar surface area (TPSA) is 58.4 Å². The van der Waals surface area contributed by atoms with E-state index in [2.05, 4.69) is 41.4 Å². The van der Waals surface area contributed by atoms with Crippen LogP contribution in [0.3, 0.4) is 0 Å². The molecule has 28 heavy (non-hydrogen) atoms. The molecule has 4 nitrogen and oxygen atoms in total. The predicted octanol–water partition coefficient (Wildman–Crippen LogP) is 4.43. The van der Waals surface area contributed by atoms with E-state index in [0.29, 0.717) is 12.6 Å². The first-order valence-electron chi connectivity index (χ1n) is 10.3. The normalized spacial score (nSPS) is 28.0. The van der Waals surface area contributed by atoms with Crippen molar-refractivity contribution >= 4 is 30.7 Å². The smallest absolute Gasteiger partial charge is 0.225 e. The number of halogens is 2. The summed E-state index contributed by atoms with van der Waals surface area (Å²) in [5.74, 6) is 0.0568. The summed E-state index contributed by atoms with van der Waals surface area (Å²) >= 11 is 0. The molecule has 3 atom stereocenters. The van der Waals surface area contributed by atoms with Gasteiger partial charge in [-0.1, -0.05) is 43.5 Å². The molecule has 6 heteroatoms. The molecule has 1 aliphatic heterocycles. The Kier molecular flexibility index (Phi) is 10.3. The number of nitrogens with zero attached hydrogens (tertiary/aromatic N) is 1. The maximum atomic E-state index is 12.7. The van der Waals surface area contributed by atoms with E-state index in [1.165, 1.54) is 36.9 Å². The summed E-state index contributed by atoms with van der Waals surface area (Å²) in [5, 5.41) is 3.18. The van der Waals surface area contributed by atoms with Gasteiger partial charge >= 0.3 is 0 Å². The highest BCUT2D eigenvalue weighted by atomic mass is 35.5. The van der Waals surface area contributed by atoms with E-state index in [4.69, 9.17) is 5.73 Å². The SMILES string of the molecule is CC1CCCCN1Cc1ccccc1CNC(=O)C1CCCCC1(C)N.Cl.Cl. The van der Waals surface area contributed by atoms with Gasteiger partial charge in [-0.3, -0.25) is 9.69 Å². The third-order valence-corrected chi connectivity index (χ3v) is 6.46. The Morgan fingerprint density at radius 1 is 1.14 bits per heavy atom. The highest BCUT2D eigenvalue weighted by Crippen LogP contribution is 2.31. The van der Waals surface area contributed by atoms with Crippen molar-refractivity contribution in [3.8, 4) is 0 Å². The lowest BCUT2D eigenvalue weighted by atomic mass is 9.74. The quantitative estimate of drug-likeness (QED) is 0.727. The first kappa shape index (κ1) is 25.2. The lowest BCUT2D eigenvalue weighted by Gasteiger charge is -2.37. The Hall–Kier alpha value is -0.810. The monoisotopic (exact) mass is 429 g/mol. The lowest BCUT2D eigenvalue weighted by molar-refractivity contribution is -0.128. The molecule has 2 fully saturated rings. The van der Waals surface area contributed by atoms with Gasteiger partial charge in [-0.2, -0.15) is 0 Å². The van der Waals surface area contributed by atoms with Crippen molar-refractivity contribution < 1.29 is 4.79 Å². The fourth-order valence-electron chi connectivity index (χ4n) is 4.59. The molecule has 3 unspecified atom stereocenters. The van der Waals surface area contributed by atoms with Crippen LogP contribution < -0.4 is 11.1 Å². The summed E-state index contributed by atoms with van der Waals surface area (Å²) in [4.78, 5) is 15.3. The molecule has 1 saturated heterocycles. The zero-order chi connectivity index (χ0) is 18.6. The number of rotatable bonds is 5. The van der Waals surface area contributed by atoms with Gasteiger partial charge in [0.25, 0.3) is 0 Å². The van der Waals surface area contributed by atoms with Crippen LogP contribution in [0.4, 0.5) is 0 Å². The van der Waals surface area contributed by atoms with Crippen molar-refractivity contribution in [1.82, 2.24) is 10.2 Å². The fraction of sp³-hybridized carbons (Fsp3) is 0.682. The van der Waals surface area contributed by atoms with Crippen LogP contribution in [-0.4, -0.2) is 28.9 Å². The van der Waals surface area contributed by atoms with Gasteiger partial charge in [-0.05, 0) is 57.2 Å². The van der Waals surface area contributed by atoms with Gasteiger partial charge in [-0.25, -0.2) is 0 Å². The van der Waals surface area contributed by atoms with Crippen molar-refractivity contribution in [2.45, 2.75) is 83.5 Å². The summed E-state index contributed by atoms with van der Waals surface area (Å²) in [6, 6.07) is 9.17. The Morgan fingerprint density at radius 2 is 1.82 bits per heavy atom. The molecule has 1 saturated carbocycles. The van der Waals surface area contributed by atoms with Crippen molar-refractivity contribution in [2.24, 2.45) is 11.7 Å². The molecule has 1 aromatic carbocycles. The molecule has 0 spiro atoms. The van der Waals surface area contributed by atoms with E-state index in [9.17, 15) is 4.79 Å². The van der Waals surface area contributed by atoms with Crippen LogP contribution in [0.25, 0.3) is 0 Å². The van der Waals surface area contributed by atoms with Crippen LogP contribution >= 0.6 is 24.8 Å². The fourth-order valence-corrected chi connectivity index (χ4v) is 4.59. The minimum atomic E-state index is -0.370. The average molecular weight is 430 g/mol. The van der Waals surface area contributed by atoms with Crippen molar-refractivity contribution in [1.29, 1.82) is 0 Å². The third kappa shape index (κ3) is 6.35. The predicted molar refractivity (Wildman–Crippen MR) is 121 cm³/mol. The van der Waals surface area contributed by atoms with E-state index < -0.39 is 0 Å². The molecule has 3 N–H and O–H groups in total. The van der Waals surface area contributed by atoms with Gasteiger partial charge in [0, 0.05) is 24.7 Å². The molecule has 0 aromatic heterocycles. The lowest BCUT2D eigenvalue weighted by Crippen LogP contribution is -2.52. The average Bonchev–Trinajstić information content (AvgIpc) is 2.62. The zero-order valence-corrected chi connectivity index (χ0v) is 18.9. The highest BCUT2D eigenvalue weighted by molar-refractivity contribution is 5.85. The second kappa shape index (κ2) is 11.4. The summed E-state index contributed by atoms with van der Waals surface area (Å²) in [5.41, 5.74) is 8.59. The van der Waals surface area contributed by atoms with E-state index in [1.807, 2.05) is 6.92 Å². The number of benzene rings is 1. The van der Waals surface area contributed by atoms with E-state index in [-0.39, 0.29) is 42.2 Å². The van der Waals surface area contributed by atoms with Gasteiger partial charge in [0.1, 0.15) is 0 Å². The third-order valence-electron chi connectivity index (χ3n) is 6.46. The zero-order valence-electron chi connectivity index (χ0n) is 17.3. The van der Waals surface area contributed by atoms with E-state index >= 15 is 0 Å². The molecule has 2 aliphatic rings. The van der Waals surface area contributed by atoms with Crippen molar-refractivity contribution in [3.63, 3.8) is 0 Å². The van der Waals surface area contributed by atoms with Crippen molar-refractivity contribution in [3.05, 3.63) is 35.4 Å². The molecule has 1 aromatic rings. The molecule has 1 amide bonds. The standard InChI is InChI=1S/C22H35N3O.2ClH/c1-17-9-6-8-14-25(17)16-19-11-4-3-10-18(19)15-24-21(26)20-12-5-7-13-22(20,2)23;;/h3-4,10-11,17,20H,5-9,12-16,23H2,1-2H3,(H,24,26);2*1H. The Labute approximate surface area is 182 Å². The molecule has 1 aliphatic carbocycles. The number of likely N-dealkylation sites (tertiary alicyclic amines) is 1. The molecular weight excluding hydrogens is 393 g/mol. The number of nitrogens with one attached hydrogen (secondary N) is 1. The second-order valence-electron chi connectivity index (χ2n) is 8.61. The second-order valence-corrected chi connectivity index (χ2v) is 8.61. The van der Waals surface area contributed by atoms with Crippen LogP contribution in [0.1, 0.15) is 69.9 Å². The first-order chi connectivity index (χ1) is 12.5. The number of hydrogen-bond donors (Lipinski definition) is 2. The molecule has 0 radical (unpaired) electrons. The van der Waals surface area contributed by atoms with E-state index in [0.717, 1.165) is 32.2 Å². The first-order valence-corrected chi connectivity index (χ1v) is 10.3. The Morgan fingerprint density at radius 3 is 2.50 bits per heavy atom. The number of carbonyl (C=O) groups is 1. The van der Waals surface area contributed by atoms with Crippen LogP contribution in [0.5, 0.6) is 0 Å². The van der Waals surface area contributed by atoms with Gasteiger partial charge < -0.3 is 11.1 Å². The highest BCUT2D eigenvalue weighted by Gasteiger charge is 2.37. The van der Waals surface area contributed by atoms with Gasteiger partial charge in [0.2, 0.25) is 5.91 Å². The minimum absolute atomic E-state index is 0. The van der Waals surface area contributed by atoms with Crippen molar-refractivity contribution in [2.75, 3.05) is 6.54 Å². The van der Waals surface area contributed by atoms with Crippen LogP contribution in [0.15, 0.2) is 24.3 Å². The van der Waals surface area contributed by atoms with E-state index in [1.54, 1.807) is 0 Å². The molecule has 0 bridgehead atoms. The molecule has 160 valence electrons. The summed E-state index contributed by atoms with van der Waals surface area (Å²) < 4.78 is 0. The number of carbonyl (C=O) groups excluding carboxylic acids is 1. The van der Waals surface area contributed by atoms with Crippen LogP contribution in [0, 0.1) is 5.92 Å². The maximum absolute atomic E-state index is 12.7. The van der Waals surface area contributed by atoms with Crippen LogP contribution in [-0.2, 0) is 17.9 Å². The minimum Gasteiger partial charge on any atom is -0.352 e. The van der Waals surface area contributed by atoms with Gasteiger partial charge in [0.05, 0.1) is 5.92 Å². The Balaban J connectivity index is 0.00000196. The summed E-state index contributed by atoms with van der Waals surface area (Å²) in [7, 11) is 0. The van der Waals surface area contributed by atoms with Crippen LogP contribution in [0.2, 0.25) is 0 Å². The maximum Gasteiger partial charge on any atom is 0.225 e. The van der Waals surface area contributed by atoms with Gasteiger partial charge in [-0.15, -0.1) is 24.8 Å². The number of nitrogens with two attached hydrogens (primary N) is 1.